The molecule has 4 aliphatic heterocycles. The van der Waals surface area contributed by atoms with Crippen molar-refractivity contribution in [3.63, 3.8) is 0 Å². The predicted octanol–water partition coefficient (Wildman–Crippen LogP) is 7.37. The second kappa shape index (κ2) is 19.3. The first kappa shape index (κ1) is 42.1. The molecule has 0 aromatic heterocycles. The predicted molar refractivity (Wildman–Crippen MR) is 213 cm³/mol. The van der Waals surface area contributed by atoms with Gasteiger partial charge in [0.25, 0.3) is 0 Å². The van der Waals surface area contributed by atoms with Gasteiger partial charge in [-0.05, 0) is 48.9 Å². The van der Waals surface area contributed by atoms with Crippen LogP contribution in [0.3, 0.4) is 0 Å². The van der Waals surface area contributed by atoms with E-state index in [9.17, 15) is 5.53 Å². The molecule has 3 aromatic carbocycles. The molecule has 4 fully saturated rings. The quantitative estimate of drug-likeness (QED) is 0.0717. The largest absolute Gasteiger partial charge is 0.374 e. The second-order valence-corrected chi connectivity index (χ2v) is 16.3. The standard InChI is InChI=1S/C43H55N3O10S/c1-26-34(45-46-44)32(24-47-21-29-15-9-6-10-16-29)52-42(57)36(26)53-41-39-38(55-43(4,5)56-39)37(28(3)51-41)54-40-27(2)35(49-23-31-19-13-8-14-20-31)33(25-50-40)48-22-30-17-11-7-12-18-30/h6-20,26-28,32-42,57H,21-25H2,1-5H3/t26?,27?,28?,32?,33-,34-,35?,36?,37+,38?,39?,40+,41+,42+/m1/s1. The zero-order chi connectivity index (χ0) is 39.9. The maximum atomic E-state index is 9.52. The lowest BCUT2D eigenvalue weighted by Gasteiger charge is -2.48. The van der Waals surface area contributed by atoms with Gasteiger partial charge in [-0.2, -0.15) is 0 Å². The minimum Gasteiger partial charge on any atom is -0.374 e. The molecule has 0 bridgehead atoms. The van der Waals surface area contributed by atoms with E-state index >= 15 is 0 Å². The smallest absolute Gasteiger partial charge is 0.187 e. The molecule has 0 radical (unpaired) electrons. The van der Waals surface area contributed by atoms with Crippen molar-refractivity contribution >= 4 is 12.6 Å². The number of nitrogens with zero attached hydrogens (tertiary/aromatic N) is 3. The van der Waals surface area contributed by atoms with Crippen LogP contribution in [-0.4, -0.2) is 91.9 Å². The molecule has 8 unspecified atom stereocenters. The number of fused-ring (bicyclic) bond motifs is 1. The Labute approximate surface area is 340 Å². The zero-order valence-electron chi connectivity index (χ0n) is 33.2. The highest BCUT2D eigenvalue weighted by Crippen LogP contribution is 2.43. The maximum absolute atomic E-state index is 9.52. The van der Waals surface area contributed by atoms with Crippen molar-refractivity contribution in [3.05, 3.63) is 118 Å². The van der Waals surface area contributed by atoms with Gasteiger partial charge >= 0.3 is 0 Å². The van der Waals surface area contributed by atoms with Crippen molar-refractivity contribution in [1.29, 1.82) is 0 Å². The lowest BCUT2D eigenvalue weighted by molar-refractivity contribution is -0.338. The number of thiol groups is 1. The first-order chi connectivity index (χ1) is 27.6. The molecular formula is C43H55N3O10S. The van der Waals surface area contributed by atoms with Crippen LogP contribution in [0.2, 0.25) is 0 Å². The lowest BCUT2D eigenvalue weighted by Crippen LogP contribution is -2.62. The molecule has 14 atom stereocenters. The Morgan fingerprint density at radius 2 is 1.30 bits per heavy atom. The summed E-state index contributed by atoms with van der Waals surface area (Å²) in [5, 5.41) is 4.12. The molecule has 13 nitrogen and oxygen atoms in total. The fraction of sp³-hybridized carbons (Fsp3) is 0.581. The van der Waals surface area contributed by atoms with Gasteiger partial charge in [0, 0.05) is 10.8 Å². The number of benzene rings is 3. The fourth-order valence-corrected chi connectivity index (χ4v) is 8.62. The first-order valence-corrected chi connectivity index (χ1v) is 20.4. The van der Waals surface area contributed by atoms with E-state index in [0.717, 1.165) is 16.7 Å². The number of rotatable bonds is 15. The van der Waals surface area contributed by atoms with Gasteiger partial charge in [0.1, 0.15) is 29.9 Å². The van der Waals surface area contributed by atoms with E-state index in [2.05, 4.69) is 16.9 Å². The van der Waals surface area contributed by atoms with Gasteiger partial charge in [-0.3, -0.25) is 0 Å². The van der Waals surface area contributed by atoms with Crippen LogP contribution in [0.5, 0.6) is 0 Å². The molecular weight excluding hydrogens is 751 g/mol. The normalized spacial score (nSPS) is 36.2. The molecule has 0 aliphatic carbocycles. The molecule has 4 heterocycles. The zero-order valence-corrected chi connectivity index (χ0v) is 34.0. The van der Waals surface area contributed by atoms with E-state index in [1.54, 1.807) is 0 Å². The van der Waals surface area contributed by atoms with Gasteiger partial charge in [-0.25, -0.2) is 0 Å². The van der Waals surface area contributed by atoms with Crippen LogP contribution in [0.1, 0.15) is 51.3 Å². The van der Waals surface area contributed by atoms with Crippen molar-refractivity contribution in [2.45, 2.75) is 133 Å². The average Bonchev–Trinajstić information content (AvgIpc) is 3.55. The average molecular weight is 806 g/mol. The van der Waals surface area contributed by atoms with Gasteiger partial charge in [-0.15, -0.1) is 12.6 Å². The molecule has 14 heteroatoms. The molecule has 7 rings (SSSR count). The van der Waals surface area contributed by atoms with Crippen molar-refractivity contribution in [2.75, 3.05) is 13.2 Å². The Morgan fingerprint density at radius 1 is 0.719 bits per heavy atom. The Bertz CT molecular complexity index is 1740. The van der Waals surface area contributed by atoms with Crippen molar-refractivity contribution in [1.82, 2.24) is 0 Å². The van der Waals surface area contributed by atoms with Crippen LogP contribution in [-0.2, 0) is 67.2 Å². The van der Waals surface area contributed by atoms with E-state index in [4.69, 9.17) is 60.0 Å². The van der Waals surface area contributed by atoms with Crippen LogP contribution in [0.4, 0.5) is 0 Å². The highest BCUT2D eigenvalue weighted by Gasteiger charge is 2.58. The summed E-state index contributed by atoms with van der Waals surface area (Å²) in [6.07, 6.45) is -5.60. The Morgan fingerprint density at radius 3 is 1.93 bits per heavy atom. The summed E-state index contributed by atoms with van der Waals surface area (Å²) in [6.45, 7) is 11.4. The summed E-state index contributed by atoms with van der Waals surface area (Å²) in [4.78, 5) is 3.14. The summed E-state index contributed by atoms with van der Waals surface area (Å²) in [5.41, 5.74) is 12.0. The molecule has 57 heavy (non-hydrogen) atoms. The minimum absolute atomic E-state index is 0.217. The number of hydrogen-bond acceptors (Lipinski definition) is 12. The summed E-state index contributed by atoms with van der Waals surface area (Å²) < 4.78 is 64.8. The SMILES string of the molecule is CC1C(OCc2ccccc2)[C@H](OCc2ccccc2)CO[C@H]1O[C@H]1C(C)O[C@@H](OC2C(C)[C@@H](N=[N+]=[N-])C(COCc3ccccc3)O[C@H]2S)C2OC(C)(C)OC21. The van der Waals surface area contributed by atoms with Crippen LogP contribution in [0.15, 0.2) is 96.1 Å². The minimum atomic E-state index is -0.952. The van der Waals surface area contributed by atoms with E-state index in [1.165, 1.54) is 0 Å². The van der Waals surface area contributed by atoms with Crippen molar-refractivity contribution < 1.29 is 47.4 Å². The second-order valence-electron chi connectivity index (χ2n) is 15.8. The Hall–Kier alpha value is -3.08. The van der Waals surface area contributed by atoms with Crippen LogP contribution in [0.25, 0.3) is 10.4 Å². The third kappa shape index (κ3) is 10.4. The molecule has 0 N–H and O–H groups in total. The van der Waals surface area contributed by atoms with Crippen molar-refractivity contribution in [3.8, 4) is 0 Å². The highest BCUT2D eigenvalue weighted by molar-refractivity contribution is 7.80. The molecule has 308 valence electrons. The monoisotopic (exact) mass is 805 g/mol. The molecule has 0 saturated carbocycles. The van der Waals surface area contributed by atoms with Gasteiger partial charge < -0.3 is 47.4 Å². The summed E-state index contributed by atoms with van der Waals surface area (Å²) in [7, 11) is 0. The molecule has 0 amide bonds. The van der Waals surface area contributed by atoms with Gasteiger partial charge in [0.05, 0.1) is 63.5 Å². The number of hydrogen-bond donors (Lipinski definition) is 1. The Balaban J connectivity index is 1.02. The van der Waals surface area contributed by atoms with E-state index in [1.807, 2.05) is 119 Å². The third-order valence-electron chi connectivity index (χ3n) is 11.1. The summed E-state index contributed by atoms with van der Waals surface area (Å²) >= 11 is 4.81. The van der Waals surface area contributed by atoms with Gasteiger partial charge in [0.2, 0.25) is 0 Å². The molecule has 0 spiro atoms. The molecule has 3 aromatic rings. The summed E-state index contributed by atoms with van der Waals surface area (Å²) in [5.74, 6) is -1.47. The van der Waals surface area contributed by atoms with E-state index in [0.29, 0.717) is 19.8 Å². The Kier molecular flexibility index (Phi) is 14.3. The first-order valence-electron chi connectivity index (χ1n) is 19.8. The van der Waals surface area contributed by atoms with Gasteiger partial charge in [0.15, 0.2) is 18.4 Å². The highest BCUT2D eigenvalue weighted by atomic mass is 32.1. The third-order valence-corrected chi connectivity index (χ3v) is 11.5. The van der Waals surface area contributed by atoms with Gasteiger partial charge in [-0.1, -0.05) is 110 Å². The summed E-state index contributed by atoms with van der Waals surface area (Å²) in [6, 6.07) is 29.4. The van der Waals surface area contributed by atoms with Crippen molar-refractivity contribution in [2.24, 2.45) is 17.0 Å². The van der Waals surface area contributed by atoms with Crippen LogP contribution < -0.4 is 0 Å². The molecule has 4 saturated heterocycles. The van der Waals surface area contributed by atoms with E-state index < -0.39 is 66.5 Å². The number of ether oxygens (including phenoxy) is 10. The fourth-order valence-electron chi connectivity index (χ4n) is 8.13. The number of azide groups is 1. The lowest BCUT2D eigenvalue weighted by atomic mass is 9.89. The topological polar surface area (TPSA) is 141 Å². The molecule has 4 aliphatic rings. The van der Waals surface area contributed by atoms with Crippen LogP contribution in [0, 0.1) is 11.8 Å². The van der Waals surface area contributed by atoms with Crippen LogP contribution >= 0.6 is 12.6 Å². The van der Waals surface area contributed by atoms with E-state index in [-0.39, 0.29) is 37.3 Å². The maximum Gasteiger partial charge on any atom is 0.187 e.